The Morgan fingerprint density at radius 1 is 1.13 bits per heavy atom. The largest absolute Gasteiger partial charge is 0.449 e. The second-order valence-corrected chi connectivity index (χ2v) is 9.39. The lowest BCUT2D eigenvalue weighted by atomic mass is 10.1. The van der Waals surface area contributed by atoms with E-state index in [9.17, 15) is 18.0 Å². The van der Waals surface area contributed by atoms with Crippen LogP contribution < -0.4 is 4.90 Å². The van der Waals surface area contributed by atoms with E-state index >= 15 is 0 Å². The van der Waals surface area contributed by atoms with E-state index in [1.165, 1.54) is 23.4 Å². The lowest BCUT2D eigenvalue weighted by Gasteiger charge is -2.22. The molecule has 0 saturated heterocycles. The Morgan fingerprint density at radius 3 is 2.48 bits per heavy atom. The van der Waals surface area contributed by atoms with Crippen LogP contribution in [0.4, 0.5) is 5.69 Å². The average Bonchev–Trinajstić information content (AvgIpc) is 3.18. The van der Waals surface area contributed by atoms with E-state index in [-0.39, 0.29) is 16.4 Å². The molecule has 31 heavy (non-hydrogen) atoms. The molecule has 2 aromatic carbocycles. The minimum absolute atomic E-state index is 0.0677. The van der Waals surface area contributed by atoms with Crippen LogP contribution in [0.5, 0.6) is 0 Å². The van der Waals surface area contributed by atoms with Crippen LogP contribution in [-0.2, 0) is 26.0 Å². The van der Waals surface area contributed by atoms with Gasteiger partial charge in [0.1, 0.15) is 0 Å². The normalized spacial score (nSPS) is 14.4. The summed E-state index contributed by atoms with van der Waals surface area (Å²) in [7, 11) is -3.73. The zero-order valence-corrected chi connectivity index (χ0v) is 19.1. The molecule has 0 aromatic heterocycles. The molecule has 0 saturated carbocycles. The van der Waals surface area contributed by atoms with E-state index in [4.69, 9.17) is 4.74 Å². The van der Waals surface area contributed by atoms with Crippen molar-refractivity contribution < 1.29 is 22.7 Å². The van der Waals surface area contributed by atoms with Crippen LogP contribution in [0.1, 0.15) is 42.3 Å². The number of carbonyl (C=O) groups is 2. The maximum atomic E-state index is 12.9. The molecule has 0 fully saturated rings. The first-order valence-electron chi connectivity index (χ1n) is 10.4. The number of aryl methyl sites for hydroxylation is 1. The van der Waals surface area contributed by atoms with Crippen molar-refractivity contribution in [3.05, 3.63) is 59.2 Å². The molecule has 3 rings (SSSR count). The summed E-state index contributed by atoms with van der Waals surface area (Å²) >= 11 is 0. The molecule has 1 amide bonds. The highest BCUT2D eigenvalue weighted by atomic mass is 32.2. The van der Waals surface area contributed by atoms with Crippen molar-refractivity contribution in [1.29, 1.82) is 0 Å². The number of fused-ring (bicyclic) bond motifs is 1. The number of benzene rings is 2. The molecule has 1 heterocycles. The van der Waals surface area contributed by atoms with E-state index in [2.05, 4.69) is 0 Å². The molecule has 1 atom stereocenters. The maximum Gasteiger partial charge on any atom is 0.338 e. The molecule has 7 nitrogen and oxygen atoms in total. The Kier molecular flexibility index (Phi) is 6.81. The lowest BCUT2D eigenvalue weighted by Crippen LogP contribution is -2.39. The van der Waals surface area contributed by atoms with Gasteiger partial charge in [0.05, 0.1) is 10.5 Å². The van der Waals surface area contributed by atoms with Gasteiger partial charge in [-0.2, -0.15) is 4.31 Å². The van der Waals surface area contributed by atoms with Gasteiger partial charge < -0.3 is 9.64 Å². The zero-order chi connectivity index (χ0) is 22.8. The van der Waals surface area contributed by atoms with Crippen molar-refractivity contribution >= 4 is 27.6 Å². The summed E-state index contributed by atoms with van der Waals surface area (Å²) in [5, 5.41) is 0. The van der Waals surface area contributed by atoms with Gasteiger partial charge in [-0.05, 0) is 49.6 Å². The molecule has 0 aliphatic carbocycles. The van der Waals surface area contributed by atoms with Crippen LogP contribution in [-0.4, -0.2) is 50.3 Å². The lowest BCUT2D eigenvalue weighted by molar-refractivity contribution is -0.126. The molecular weight excluding hydrogens is 416 g/mol. The van der Waals surface area contributed by atoms with Crippen LogP contribution >= 0.6 is 0 Å². The van der Waals surface area contributed by atoms with Crippen molar-refractivity contribution in [2.24, 2.45) is 0 Å². The van der Waals surface area contributed by atoms with Gasteiger partial charge in [0, 0.05) is 25.3 Å². The van der Waals surface area contributed by atoms with Gasteiger partial charge in [0.2, 0.25) is 10.0 Å². The van der Waals surface area contributed by atoms with E-state index in [1.54, 1.807) is 31.7 Å². The smallest absolute Gasteiger partial charge is 0.338 e. The van der Waals surface area contributed by atoms with Crippen molar-refractivity contribution in [2.75, 3.05) is 24.5 Å². The molecule has 166 valence electrons. The summed E-state index contributed by atoms with van der Waals surface area (Å²) in [5.41, 5.74) is 2.55. The van der Waals surface area contributed by atoms with Gasteiger partial charge in [-0.3, -0.25) is 4.79 Å². The third-order valence-corrected chi connectivity index (χ3v) is 7.72. The van der Waals surface area contributed by atoms with Gasteiger partial charge in [-0.1, -0.05) is 38.1 Å². The van der Waals surface area contributed by atoms with E-state index < -0.39 is 22.1 Å². The first-order chi connectivity index (χ1) is 14.7. The fourth-order valence-electron chi connectivity index (χ4n) is 3.77. The molecule has 0 spiro atoms. The summed E-state index contributed by atoms with van der Waals surface area (Å²) < 4.78 is 32.6. The van der Waals surface area contributed by atoms with Crippen LogP contribution in [0.25, 0.3) is 0 Å². The summed E-state index contributed by atoms with van der Waals surface area (Å²) in [4.78, 5) is 27.3. The average molecular weight is 445 g/mol. The molecule has 1 aliphatic rings. The van der Waals surface area contributed by atoms with Gasteiger partial charge >= 0.3 is 5.97 Å². The number of amides is 1. The first kappa shape index (κ1) is 23.0. The predicted octanol–water partition coefficient (Wildman–Crippen LogP) is 3.16. The third kappa shape index (κ3) is 4.50. The van der Waals surface area contributed by atoms with E-state index in [1.807, 2.05) is 24.3 Å². The van der Waals surface area contributed by atoms with Gasteiger partial charge in [-0.25, -0.2) is 13.2 Å². The molecule has 2 aromatic rings. The molecular formula is C23H28N2O5S. The highest BCUT2D eigenvalue weighted by Crippen LogP contribution is 2.28. The number of rotatable bonds is 7. The molecule has 1 aliphatic heterocycles. The molecule has 8 heteroatoms. The van der Waals surface area contributed by atoms with Crippen LogP contribution in [0.2, 0.25) is 0 Å². The summed E-state index contributed by atoms with van der Waals surface area (Å²) in [6.07, 6.45) is -0.240. The van der Waals surface area contributed by atoms with Gasteiger partial charge in [0.15, 0.2) is 6.10 Å². The number of nitrogens with zero attached hydrogens (tertiary/aromatic N) is 2. The Morgan fingerprint density at radius 2 is 1.81 bits per heavy atom. The summed E-state index contributed by atoms with van der Waals surface area (Å²) in [5.74, 6) is -1.04. The van der Waals surface area contributed by atoms with Gasteiger partial charge in [-0.15, -0.1) is 0 Å². The van der Waals surface area contributed by atoms with E-state index in [0.29, 0.717) is 25.2 Å². The minimum Gasteiger partial charge on any atom is -0.449 e. The number of hydrogen-bond acceptors (Lipinski definition) is 5. The molecule has 0 radical (unpaired) electrons. The number of hydrogen-bond donors (Lipinski definition) is 0. The number of para-hydroxylation sites is 1. The van der Waals surface area contributed by atoms with Crippen LogP contribution in [0, 0.1) is 6.92 Å². The highest BCUT2D eigenvalue weighted by Gasteiger charge is 2.31. The topological polar surface area (TPSA) is 84.0 Å². The maximum absolute atomic E-state index is 12.9. The fraction of sp³-hybridized carbons (Fsp3) is 0.391. The quantitative estimate of drug-likeness (QED) is 0.613. The number of anilines is 1. The molecule has 0 unspecified atom stereocenters. The number of ether oxygens (including phenoxy) is 1. The Bertz CT molecular complexity index is 1090. The molecule has 0 bridgehead atoms. The van der Waals surface area contributed by atoms with Crippen molar-refractivity contribution in [3.8, 4) is 0 Å². The van der Waals surface area contributed by atoms with Crippen LogP contribution in [0.3, 0.4) is 0 Å². The summed E-state index contributed by atoms with van der Waals surface area (Å²) in [6, 6.07) is 12.1. The standard InChI is InChI=1S/C23H28N2O5S/c1-5-24(6-2)31(28,29)21-15-19(12-11-16(21)3)23(27)30-17(4)22(26)25-14-13-18-9-7-8-10-20(18)25/h7-12,15,17H,5-6,13-14H2,1-4H3/t17-/m0/s1. The highest BCUT2D eigenvalue weighted by molar-refractivity contribution is 7.89. The first-order valence-corrected chi connectivity index (χ1v) is 11.9. The number of carbonyl (C=O) groups excluding carboxylic acids is 2. The van der Waals surface area contributed by atoms with Crippen molar-refractivity contribution in [1.82, 2.24) is 4.31 Å². The number of esters is 1. The fourth-order valence-corrected chi connectivity index (χ4v) is 5.48. The zero-order valence-electron chi connectivity index (χ0n) is 18.3. The van der Waals surface area contributed by atoms with Crippen molar-refractivity contribution in [3.63, 3.8) is 0 Å². The third-order valence-electron chi connectivity index (χ3n) is 5.53. The van der Waals surface area contributed by atoms with Gasteiger partial charge in [0.25, 0.3) is 5.91 Å². The Labute approximate surface area is 183 Å². The van der Waals surface area contributed by atoms with E-state index in [0.717, 1.165) is 17.7 Å². The summed E-state index contributed by atoms with van der Waals surface area (Å²) in [6.45, 7) is 7.93. The second-order valence-electron chi connectivity index (χ2n) is 7.49. The second kappa shape index (κ2) is 9.20. The monoisotopic (exact) mass is 444 g/mol. The Balaban J connectivity index is 1.79. The van der Waals surface area contributed by atoms with Crippen LogP contribution in [0.15, 0.2) is 47.4 Å². The minimum atomic E-state index is -3.73. The van der Waals surface area contributed by atoms with Crippen molar-refractivity contribution in [2.45, 2.75) is 45.1 Å². The number of sulfonamides is 1. The molecule has 0 N–H and O–H groups in total. The Hall–Kier alpha value is -2.71. The predicted molar refractivity (Wildman–Crippen MR) is 119 cm³/mol. The SMILES string of the molecule is CCN(CC)S(=O)(=O)c1cc(C(=O)O[C@@H](C)C(=O)N2CCc3ccccc32)ccc1C.